The summed E-state index contributed by atoms with van der Waals surface area (Å²) in [4.78, 5) is 31.1. The number of nitrogens with zero attached hydrogens (tertiary/aromatic N) is 4. The molecule has 0 saturated carbocycles. The number of pyridine rings is 1. The largest absolute Gasteiger partial charge is 0.497 e. The summed E-state index contributed by atoms with van der Waals surface area (Å²) >= 11 is 0. The van der Waals surface area contributed by atoms with Gasteiger partial charge in [-0.15, -0.1) is 0 Å². The Bertz CT molecular complexity index is 1050. The summed E-state index contributed by atoms with van der Waals surface area (Å²) in [6.45, 7) is 1.33. The third-order valence-electron chi connectivity index (χ3n) is 4.82. The molecule has 3 heterocycles. The van der Waals surface area contributed by atoms with E-state index in [-0.39, 0.29) is 11.5 Å². The highest BCUT2D eigenvalue weighted by Gasteiger charge is 2.24. The molecule has 3 aromatic rings. The molecule has 28 heavy (non-hydrogen) atoms. The van der Waals surface area contributed by atoms with Crippen LogP contribution >= 0.6 is 0 Å². The predicted molar refractivity (Wildman–Crippen MR) is 103 cm³/mol. The van der Waals surface area contributed by atoms with Gasteiger partial charge in [-0.2, -0.15) is 5.10 Å². The number of rotatable bonds is 4. The van der Waals surface area contributed by atoms with E-state index in [1.54, 1.807) is 54.7 Å². The highest BCUT2D eigenvalue weighted by molar-refractivity contribution is 5.94. The van der Waals surface area contributed by atoms with Crippen molar-refractivity contribution in [2.45, 2.75) is 19.5 Å². The van der Waals surface area contributed by atoms with Gasteiger partial charge in [0.05, 0.1) is 19.3 Å². The van der Waals surface area contributed by atoms with Crippen molar-refractivity contribution in [2.24, 2.45) is 0 Å². The molecule has 0 spiro atoms. The maximum Gasteiger partial charge on any atom is 0.267 e. The molecule has 0 radical (unpaired) electrons. The maximum atomic E-state index is 12.8. The minimum absolute atomic E-state index is 0.0622. The Hall–Kier alpha value is -3.48. The molecule has 0 fully saturated rings. The summed E-state index contributed by atoms with van der Waals surface area (Å²) < 4.78 is 6.59. The zero-order valence-corrected chi connectivity index (χ0v) is 15.5. The lowest BCUT2D eigenvalue weighted by molar-refractivity contribution is 0.0732. The van der Waals surface area contributed by atoms with Crippen molar-refractivity contribution in [1.82, 2.24) is 19.7 Å². The standard InChI is InChI=1S/C21H20N4O3/c1-28-18-6-4-16(5-7-18)21(27)24-10-8-19-17(14-24)11-20(26)25(23-19)13-15-3-2-9-22-12-15/h2-7,9,11-12H,8,10,13-14H2,1H3. The second kappa shape index (κ2) is 7.64. The van der Waals surface area contributed by atoms with Gasteiger partial charge in [-0.3, -0.25) is 14.6 Å². The fourth-order valence-electron chi connectivity index (χ4n) is 3.31. The molecule has 7 nitrogen and oxygen atoms in total. The predicted octanol–water partition coefficient (Wildman–Crippen LogP) is 1.89. The molecule has 4 rings (SSSR count). The summed E-state index contributed by atoms with van der Waals surface area (Å²) in [7, 11) is 1.59. The topological polar surface area (TPSA) is 77.3 Å². The van der Waals surface area contributed by atoms with Crippen LogP contribution in [0.25, 0.3) is 0 Å². The van der Waals surface area contributed by atoms with E-state index in [4.69, 9.17) is 4.74 Å². The lowest BCUT2D eigenvalue weighted by Crippen LogP contribution is -2.38. The van der Waals surface area contributed by atoms with Crippen molar-refractivity contribution in [1.29, 1.82) is 0 Å². The number of aromatic nitrogens is 3. The average Bonchev–Trinajstić information content (AvgIpc) is 2.74. The maximum absolute atomic E-state index is 12.8. The molecule has 0 saturated heterocycles. The van der Waals surface area contributed by atoms with Gasteiger partial charge in [0.25, 0.3) is 11.5 Å². The molecule has 0 aliphatic carbocycles. The van der Waals surface area contributed by atoms with E-state index in [2.05, 4.69) is 10.1 Å². The normalized spacial score (nSPS) is 13.1. The number of ether oxygens (including phenoxy) is 1. The molecule has 1 amide bonds. The molecular weight excluding hydrogens is 356 g/mol. The molecule has 0 N–H and O–H groups in total. The Morgan fingerprint density at radius 3 is 2.75 bits per heavy atom. The van der Waals surface area contributed by atoms with Gasteiger partial charge in [0.1, 0.15) is 5.75 Å². The van der Waals surface area contributed by atoms with Gasteiger partial charge in [-0.05, 0) is 35.9 Å². The van der Waals surface area contributed by atoms with Gasteiger partial charge in [0.15, 0.2) is 0 Å². The summed E-state index contributed by atoms with van der Waals surface area (Å²) in [6.07, 6.45) is 4.04. The quantitative estimate of drug-likeness (QED) is 0.695. The number of carbonyl (C=O) groups is 1. The summed E-state index contributed by atoms with van der Waals surface area (Å²) in [6, 6.07) is 12.4. The zero-order chi connectivity index (χ0) is 19.5. The Kier molecular flexibility index (Phi) is 4.89. The second-order valence-corrected chi connectivity index (χ2v) is 6.68. The van der Waals surface area contributed by atoms with E-state index in [9.17, 15) is 9.59 Å². The van der Waals surface area contributed by atoms with Crippen LogP contribution < -0.4 is 10.3 Å². The second-order valence-electron chi connectivity index (χ2n) is 6.68. The molecule has 2 aromatic heterocycles. The first kappa shape index (κ1) is 17.9. The molecule has 1 aliphatic rings. The van der Waals surface area contributed by atoms with Crippen molar-refractivity contribution in [2.75, 3.05) is 13.7 Å². The van der Waals surface area contributed by atoms with Crippen molar-refractivity contribution < 1.29 is 9.53 Å². The number of fused-ring (bicyclic) bond motifs is 1. The highest BCUT2D eigenvalue weighted by atomic mass is 16.5. The molecule has 1 aromatic carbocycles. The smallest absolute Gasteiger partial charge is 0.267 e. The van der Waals surface area contributed by atoms with Crippen LogP contribution in [0.3, 0.4) is 0 Å². The average molecular weight is 376 g/mol. The first-order valence-electron chi connectivity index (χ1n) is 9.06. The molecule has 1 aliphatic heterocycles. The SMILES string of the molecule is COc1ccc(C(=O)N2CCc3nn(Cc4cccnc4)c(=O)cc3C2)cc1. The van der Waals surface area contributed by atoms with Crippen LogP contribution in [0.5, 0.6) is 5.75 Å². The summed E-state index contributed by atoms with van der Waals surface area (Å²) in [5.74, 6) is 0.645. The fourth-order valence-corrected chi connectivity index (χ4v) is 3.31. The van der Waals surface area contributed by atoms with E-state index in [1.165, 1.54) is 4.68 Å². The Balaban J connectivity index is 1.53. The first-order valence-corrected chi connectivity index (χ1v) is 9.06. The van der Waals surface area contributed by atoms with Crippen molar-refractivity contribution in [3.8, 4) is 5.75 Å². The van der Waals surface area contributed by atoms with Gasteiger partial charge in [-0.25, -0.2) is 4.68 Å². The minimum atomic E-state index is -0.179. The fraction of sp³-hybridized carbons (Fsp3) is 0.238. The van der Waals surface area contributed by atoms with Gasteiger partial charge >= 0.3 is 0 Å². The van der Waals surface area contributed by atoms with Crippen molar-refractivity contribution in [3.63, 3.8) is 0 Å². The number of hydrogen-bond acceptors (Lipinski definition) is 5. The zero-order valence-electron chi connectivity index (χ0n) is 15.5. The summed E-state index contributed by atoms with van der Waals surface area (Å²) in [5, 5.41) is 4.52. The third-order valence-corrected chi connectivity index (χ3v) is 4.82. The lowest BCUT2D eigenvalue weighted by atomic mass is 10.1. The van der Waals surface area contributed by atoms with Crippen LogP contribution in [0.2, 0.25) is 0 Å². The van der Waals surface area contributed by atoms with Crippen LogP contribution in [-0.4, -0.2) is 39.2 Å². The molecular formula is C21H20N4O3. The van der Waals surface area contributed by atoms with Gasteiger partial charge < -0.3 is 9.64 Å². The number of carbonyl (C=O) groups excluding carboxylic acids is 1. The third kappa shape index (κ3) is 3.64. The number of methoxy groups -OCH3 is 1. The molecule has 0 atom stereocenters. The Morgan fingerprint density at radius 2 is 2.04 bits per heavy atom. The Morgan fingerprint density at radius 1 is 1.21 bits per heavy atom. The monoisotopic (exact) mass is 376 g/mol. The number of benzene rings is 1. The van der Waals surface area contributed by atoms with Crippen LogP contribution in [0, 0.1) is 0 Å². The van der Waals surface area contributed by atoms with Gasteiger partial charge in [-0.1, -0.05) is 6.07 Å². The molecule has 0 bridgehead atoms. The van der Waals surface area contributed by atoms with Crippen molar-refractivity contribution >= 4 is 5.91 Å². The van der Waals surface area contributed by atoms with Crippen LogP contribution in [0.1, 0.15) is 27.2 Å². The van der Waals surface area contributed by atoms with E-state index in [1.807, 2.05) is 12.1 Å². The first-order chi connectivity index (χ1) is 13.6. The van der Waals surface area contributed by atoms with E-state index in [0.29, 0.717) is 37.4 Å². The molecule has 7 heteroatoms. The Labute approximate surface area is 162 Å². The number of amides is 1. The minimum Gasteiger partial charge on any atom is -0.497 e. The van der Waals surface area contributed by atoms with Crippen molar-refractivity contribution in [3.05, 3.63) is 87.6 Å². The van der Waals surface area contributed by atoms with E-state index >= 15 is 0 Å². The molecule has 142 valence electrons. The summed E-state index contributed by atoms with van der Waals surface area (Å²) in [5.41, 5.74) is 3.01. The van der Waals surface area contributed by atoms with Gasteiger partial charge in [0, 0.05) is 49.1 Å². The van der Waals surface area contributed by atoms with E-state index < -0.39 is 0 Å². The number of hydrogen-bond donors (Lipinski definition) is 0. The lowest BCUT2D eigenvalue weighted by Gasteiger charge is -2.28. The van der Waals surface area contributed by atoms with Crippen LogP contribution in [0.4, 0.5) is 0 Å². The van der Waals surface area contributed by atoms with E-state index in [0.717, 1.165) is 16.8 Å². The van der Waals surface area contributed by atoms with Crippen LogP contribution in [-0.2, 0) is 19.5 Å². The van der Waals surface area contributed by atoms with Crippen LogP contribution in [0.15, 0.2) is 59.7 Å². The molecule has 0 unspecified atom stereocenters. The van der Waals surface area contributed by atoms with Gasteiger partial charge in [0.2, 0.25) is 0 Å². The highest BCUT2D eigenvalue weighted by Crippen LogP contribution is 2.19.